The number of aryl methyl sites for hydroxylation is 1. The Balaban J connectivity index is 1.88. The lowest BCUT2D eigenvalue weighted by atomic mass is 10.2. The molecule has 2 heterocycles. The average Bonchev–Trinajstić information content (AvgIpc) is 2.80. The summed E-state index contributed by atoms with van der Waals surface area (Å²) in [5.74, 6) is -0.497. The van der Waals surface area contributed by atoms with Crippen LogP contribution in [0, 0.1) is 6.92 Å². The molecular weight excluding hydrogens is 232 g/mol. The number of carbonyl (C=O) groups is 1. The van der Waals surface area contributed by atoms with Gasteiger partial charge in [0.15, 0.2) is 0 Å². The Morgan fingerprint density at radius 2 is 2.22 bits per heavy atom. The minimum Gasteiger partial charge on any atom is -0.475 e. The minimum absolute atomic E-state index is 0.0409. The molecule has 0 fully saturated rings. The first-order valence-electron chi connectivity index (χ1n) is 5.60. The first-order chi connectivity index (χ1) is 8.66. The van der Waals surface area contributed by atoms with E-state index in [1.807, 2.05) is 19.1 Å². The number of nitrogens with one attached hydrogen (secondary N) is 1. The summed E-state index contributed by atoms with van der Waals surface area (Å²) >= 11 is 0. The van der Waals surface area contributed by atoms with Crippen molar-refractivity contribution in [3.63, 3.8) is 0 Å². The number of carboxylic acid groups (broad SMARTS) is 1. The third-order valence-electron chi connectivity index (χ3n) is 2.58. The van der Waals surface area contributed by atoms with E-state index in [0.717, 1.165) is 11.3 Å². The van der Waals surface area contributed by atoms with E-state index in [0.29, 0.717) is 18.8 Å². The number of hydrogen-bond acceptors (Lipinski definition) is 4. The molecule has 5 heteroatoms. The minimum atomic E-state index is -1.05. The second kappa shape index (κ2) is 5.46. The van der Waals surface area contributed by atoms with E-state index >= 15 is 0 Å². The highest BCUT2D eigenvalue weighted by atomic mass is 16.4. The molecule has 0 spiro atoms. The molecule has 0 aliphatic rings. The lowest BCUT2D eigenvalue weighted by Gasteiger charge is -2.04. The molecule has 18 heavy (non-hydrogen) atoms. The fraction of sp³-hybridized carbons (Fsp3) is 0.231. The van der Waals surface area contributed by atoms with Gasteiger partial charge in [0.25, 0.3) is 0 Å². The van der Waals surface area contributed by atoms with Crippen LogP contribution in [0.3, 0.4) is 0 Å². The Morgan fingerprint density at radius 3 is 2.89 bits per heavy atom. The summed E-state index contributed by atoms with van der Waals surface area (Å²) in [6.07, 6.45) is 1.75. The van der Waals surface area contributed by atoms with Gasteiger partial charge < -0.3 is 14.8 Å². The lowest BCUT2D eigenvalue weighted by Crippen LogP contribution is -2.14. The van der Waals surface area contributed by atoms with Crippen LogP contribution in [0.1, 0.15) is 27.6 Å². The molecule has 0 bridgehead atoms. The molecule has 94 valence electrons. The number of hydrogen-bond donors (Lipinski definition) is 2. The molecule has 0 amide bonds. The van der Waals surface area contributed by atoms with Gasteiger partial charge in [-0.25, -0.2) is 4.79 Å². The molecular formula is C13H14N2O3. The molecule has 5 nitrogen and oxygen atoms in total. The number of carboxylic acids is 1. The predicted molar refractivity (Wildman–Crippen MR) is 65.2 cm³/mol. The Labute approximate surface area is 104 Å². The van der Waals surface area contributed by atoms with E-state index in [4.69, 9.17) is 9.52 Å². The second-order valence-corrected chi connectivity index (χ2v) is 3.94. The van der Waals surface area contributed by atoms with Gasteiger partial charge in [0.1, 0.15) is 5.76 Å². The monoisotopic (exact) mass is 246 g/mol. The van der Waals surface area contributed by atoms with Crippen molar-refractivity contribution >= 4 is 5.97 Å². The zero-order valence-corrected chi connectivity index (χ0v) is 10.0. The Bertz CT molecular complexity index is 549. The summed E-state index contributed by atoms with van der Waals surface area (Å²) in [6, 6.07) is 7.00. The zero-order valence-electron chi connectivity index (χ0n) is 10.0. The van der Waals surface area contributed by atoms with Crippen LogP contribution in [-0.4, -0.2) is 16.1 Å². The number of aromatic nitrogens is 1. The fourth-order valence-electron chi connectivity index (χ4n) is 1.60. The van der Waals surface area contributed by atoms with Crippen molar-refractivity contribution in [2.24, 2.45) is 0 Å². The Kier molecular flexibility index (Phi) is 3.74. The first-order valence-corrected chi connectivity index (χ1v) is 5.60. The maximum Gasteiger partial charge on any atom is 0.371 e. The fourth-order valence-corrected chi connectivity index (χ4v) is 1.60. The molecule has 0 atom stereocenters. The second-order valence-electron chi connectivity index (χ2n) is 3.94. The van der Waals surface area contributed by atoms with Crippen molar-refractivity contribution in [2.45, 2.75) is 20.0 Å². The number of furan rings is 1. The van der Waals surface area contributed by atoms with Crippen LogP contribution >= 0.6 is 0 Å². The van der Waals surface area contributed by atoms with Gasteiger partial charge in [-0.15, -0.1) is 0 Å². The first kappa shape index (κ1) is 12.3. The van der Waals surface area contributed by atoms with Crippen LogP contribution in [0.2, 0.25) is 0 Å². The Morgan fingerprint density at radius 1 is 1.39 bits per heavy atom. The third kappa shape index (κ3) is 2.95. The normalized spacial score (nSPS) is 10.5. The van der Waals surface area contributed by atoms with E-state index in [2.05, 4.69) is 10.3 Å². The summed E-state index contributed by atoms with van der Waals surface area (Å²) in [6.45, 7) is 3.10. The maximum atomic E-state index is 10.6. The number of pyridine rings is 1. The molecule has 2 aromatic rings. The summed E-state index contributed by atoms with van der Waals surface area (Å²) < 4.78 is 5.13. The van der Waals surface area contributed by atoms with Gasteiger partial charge >= 0.3 is 5.97 Å². The van der Waals surface area contributed by atoms with Crippen molar-refractivity contribution in [2.75, 3.05) is 0 Å². The van der Waals surface area contributed by atoms with Gasteiger partial charge in [0, 0.05) is 12.7 Å². The van der Waals surface area contributed by atoms with Crippen LogP contribution < -0.4 is 5.32 Å². The van der Waals surface area contributed by atoms with Gasteiger partial charge in [-0.3, -0.25) is 4.98 Å². The zero-order chi connectivity index (χ0) is 13.0. The molecule has 2 aromatic heterocycles. The smallest absolute Gasteiger partial charge is 0.371 e. The van der Waals surface area contributed by atoms with E-state index < -0.39 is 5.97 Å². The van der Waals surface area contributed by atoms with Gasteiger partial charge in [0.2, 0.25) is 5.76 Å². The average molecular weight is 246 g/mol. The predicted octanol–water partition coefficient (Wildman–Crippen LogP) is 1.97. The summed E-state index contributed by atoms with van der Waals surface area (Å²) in [4.78, 5) is 14.9. The maximum absolute atomic E-state index is 10.6. The summed E-state index contributed by atoms with van der Waals surface area (Å²) in [5, 5.41) is 11.9. The van der Waals surface area contributed by atoms with Crippen molar-refractivity contribution < 1.29 is 14.3 Å². The third-order valence-corrected chi connectivity index (χ3v) is 2.58. The summed E-state index contributed by atoms with van der Waals surface area (Å²) in [5.41, 5.74) is 2.10. The quantitative estimate of drug-likeness (QED) is 0.843. The van der Waals surface area contributed by atoms with Crippen LogP contribution in [-0.2, 0) is 13.1 Å². The van der Waals surface area contributed by atoms with E-state index in [1.54, 1.807) is 12.3 Å². The van der Waals surface area contributed by atoms with Gasteiger partial charge in [-0.1, -0.05) is 6.07 Å². The number of nitrogens with zero attached hydrogens (tertiary/aromatic N) is 1. The molecule has 0 aliphatic carbocycles. The molecule has 0 saturated carbocycles. The standard InChI is InChI=1S/C13H14N2O3/c1-9-3-2-6-15-11(9)8-14-7-10-4-5-12(18-10)13(16)17/h2-6,14H,7-8H2,1H3,(H,16,17). The van der Waals surface area contributed by atoms with E-state index in [-0.39, 0.29) is 5.76 Å². The summed E-state index contributed by atoms with van der Waals surface area (Å²) in [7, 11) is 0. The molecule has 0 aliphatic heterocycles. The molecule has 0 unspecified atom stereocenters. The van der Waals surface area contributed by atoms with Crippen LogP contribution in [0.15, 0.2) is 34.9 Å². The van der Waals surface area contributed by atoms with E-state index in [9.17, 15) is 4.79 Å². The number of aromatic carboxylic acids is 1. The van der Waals surface area contributed by atoms with Crippen molar-refractivity contribution in [3.8, 4) is 0 Å². The highest BCUT2D eigenvalue weighted by Gasteiger charge is 2.08. The SMILES string of the molecule is Cc1cccnc1CNCc1ccc(C(=O)O)o1. The highest BCUT2D eigenvalue weighted by Crippen LogP contribution is 2.08. The molecule has 2 rings (SSSR count). The van der Waals surface area contributed by atoms with Crippen LogP contribution in [0.25, 0.3) is 0 Å². The van der Waals surface area contributed by atoms with Gasteiger partial charge in [0.05, 0.1) is 12.2 Å². The van der Waals surface area contributed by atoms with Gasteiger partial charge in [-0.2, -0.15) is 0 Å². The van der Waals surface area contributed by atoms with Crippen molar-refractivity contribution in [1.29, 1.82) is 0 Å². The lowest BCUT2D eigenvalue weighted by molar-refractivity contribution is 0.0660. The van der Waals surface area contributed by atoms with Crippen LogP contribution in [0.5, 0.6) is 0 Å². The van der Waals surface area contributed by atoms with Crippen molar-refractivity contribution in [3.05, 3.63) is 53.2 Å². The highest BCUT2D eigenvalue weighted by molar-refractivity contribution is 5.84. The Hall–Kier alpha value is -2.14. The molecule has 2 N–H and O–H groups in total. The molecule has 0 saturated heterocycles. The van der Waals surface area contributed by atoms with Gasteiger partial charge in [-0.05, 0) is 30.7 Å². The molecule has 0 radical (unpaired) electrons. The van der Waals surface area contributed by atoms with Crippen LogP contribution in [0.4, 0.5) is 0 Å². The van der Waals surface area contributed by atoms with Crippen molar-refractivity contribution in [1.82, 2.24) is 10.3 Å². The van der Waals surface area contributed by atoms with E-state index in [1.165, 1.54) is 6.07 Å². The largest absolute Gasteiger partial charge is 0.475 e. The molecule has 0 aromatic carbocycles. The topological polar surface area (TPSA) is 75.4 Å². The number of rotatable bonds is 5.